The van der Waals surface area contributed by atoms with Gasteiger partial charge in [-0.2, -0.15) is 13.2 Å². The van der Waals surface area contributed by atoms with Crippen LogP contribution >= 0.6 is 0 Å². The van der Waals surface area contributed by atoms with E-state index in [-0.39, 0.29) is 16.8 Å². The van der Waals surface area contributed by atoms with E-state index in [4.69, 9.17) is 5.11 Å². The Balaban J connectivity index is 1.82. The van der Waals surface area contributed by atoms with Crippen LogP contribution in [0, 0.1) is 6.92 Å². The maximum absolute atomic E-state index is 13.3. The largest absolute Gasteiger partial charge is 0.465 e. The van der Waals surface area contributed by atoms with Crippen LogP contribution in [0.25, 0.3) is 11.1 Å². The van der Waals surface area contributed by atoms with Gasteiger partial charge in [-0.3, -0.25) is 14.9 Å². The molecule has 3 rings (SSSR count). The topological polar surface area (TPSA) is 121 Å². The van der Waals surface area contributed by atoms with Crippen LogP contribution in [0.2, 0.25) is 0 Å². The number of anilines is 2. The van der Waals surface area contributed by atoms with Crippen molar-refractivity contribution in [2.45, 2.75) is 19.5 Å². The Bertz CT molecular complexity index is 1210. The predicted octanol–water partition coefficient (Wildman–Crippen LogP) is 4.77. The molecule has 0 atom stereocenters. The van der Waals surface area contributed by atoms with Crippen molar-refractivity contribution in [2.24, 2.45) is 0 Å². The molecule has 1 heterocycles. The summed E-state index contributed by atoms with van der Waals surface area (Å²) in [6, 6.07) is 7.95. The molecule has 2 amide bonds. The highest BCUT2D eigenvalue weighted by Crippen LogP contribution is 2.37. The van der Waals surface area contributed by atoms with Gasteiger partial charge in [0.2, 0.25) is 5.91 Å². The van der Waals surface area contributed by atoms with Crippen molar-refractivity contribution in [1.82, 2.24) is 9.97 Å². The molecular formula is C22H17F3N4O4. The SMILES string of the molecule is Cc1cc(NC(=O)O)c(NC(=O)CC(=O)c2cccc(-c3cncnc3)c2)cc1C(F)(F)F. The Morgan fingerprint density at radius 1 is 0.970 bits per heavy atom. The third-order valence-electron chi connectivity index (χ3n) is 4.59. The van der Waals surface area contributed by atoms with Gasteiger partial charge in [0.1, 0.15) is 6.33 Å². The number of nitrogens with one attached hydrogen (secondary N) is 2. The summed E-state index contributed by atoms with van der Waals surface area (Å²) in [5, 5.41) is 13.1. The second kappa shape index (κ2) is 9.47. The molecule has 0 bridgehead atoms. The van der Waals surface area contributed by atoms with Crippen molar-refractivity contribution in [3.63, 3.8) is 0 Å². The molecule has 0 aliphatic carbocycles. The number of hydrogen-bond acceptors (Lipinski definition) is 5. The number of carbonyl (C=O) groups excluding carboxylic acids is 2. The molecule has 11 heteroatoms. The van der Waals surface area contributed by atoms with Crippen molar-refractivity contribution < 1.29 is 32.7 Å². The number of rotatable bonds is 6. The summed E-state index contributed by atoms with van der Waals surface area (Å²) in [5.74, 6) is -1.49. The van der Waals surface area contributed by atoms with Gasteiger partial charge in [-0.05, 0) is 36.2 Å². The summed E-state index contributed by atoms with van der Waals surface area (Å²) in [5.41, 5.74) is -0.443. The molecule has 0 fully saturated rings. The van der Waals surface area contributed by atoms with Gasteiger partial charge >= 0.3 is 12.3 Å². The molecule has 0 radical (unpaired) electrons. The highest BCUT2D eigenvalue weighted by Gasteiger charge is 2.33. The van der Waals surface area contributed by atoms with Gasteiger partial charge in [-0.1, -0.05) is 18.2 Å². The lowest BCUT2D eigenvalue weighted by atomic mass is 10.0. The molecule has 0 saturated heterocycles. The summed E-state index contributed by atoms with van der Waals surface area (Å²) < 4.78 is 39.8. The second-order valence-electron chi connectivity index (χ2n) is 7.00. The van der Waals surface area contributed by atoms with Crippen LogP contribution in [-0.2, 0) is 11.0 Å². The molecule has 33 heavy (non-hydrogen) atoms. The van der Waals surface area contributed by atoms with Crippen LogP contribution in [0.5, 0.6) is 0 Å². The van der Waals surface area contributed by atoms with Crippen LogP contribution < -0.4 is 10.6 Å². The molecule has 0 unspecified atom stereocenters. The van der Waals surface area contributed by atoms with E-state index in [0.29, 0.717) is 17.2 Å². The second-order valence-corrected chi connectivity index (χ2v) is 7.00. The molecule has 1 aromatic heterocycles. The molecule has 0 saturated carbocycles. The predicted molar refractivity (Wildman–Crippen MR) is 113 cm³/mol. The van der Waals surface area contributed by atoms with Crippen molar-refractivity contribution in [3.8, 4) is 11.1 Å². The van der Waals surface area contributed by atoms with Crippen LogP contribution in [0.4, 0.5) is 29.3 Å². The molecule has 0 aliphatic rings. The first kappa shape index (κ1) is 23.4. The maximum Gasteiger partial charge on any atom is 0.416 e. The van der Waals surface area contributed by atoms with Crippen LogP contribution in [-0.4, -0.2) is 32.9 Å². The minimum atomic E-state index is -4.72. The van der Waals surface area contributed by atoms with E-state index in [1.807, 2.05) is 5.32 Å². The number of benzene rings is 2. The minimum absolute atomic E-state index is 0.204. The Morgan fingerprint density at radius 2 is 1.64 bits per heavy atom. The number of hydrogen-bond donors (Lipinski definition) is 3. The number of aryl methyl sites for hydroxylation is 1. The lowest BCUT2D eigenvalue weighted by Gasteiger charge is -2.17. The summed E-state index contributed by atoms with van der Waals surface area (Å²) in [7, 11) is 0. The van der Waals surface area contributed by atoms with E-state index in [2.05, 4.69) is 15.3 Å². The zero-order valence-electron chi connectivity index (χ0n) is 17.1. The van der Waals surface area contributed by atoms with Crippen molar-refractivity contribution >= 4 is 29.2 Å². The van der Waals surface area contributed by atoms with Gasteiger partial charge in [0, 0.05) is 23.5 Å². The molecule has 2 aromatic carbocycles. The summed E-state index contributed by atoms with van der Waals surface area (Å²) in [4.78, 5) is 43.8. The Kier molecular flexibility index (Phi) is 6.71. The molecule has 3 N–H and O–H groups in total. The van der Waals surface area contributed by atoms with E-state index in [0.717, 1.165) is 13.0 Å². The smallest absolute Gasteiger partial charge is 0.416 e. The normalized spacial score (nSPS) is 11.0. The summed E-state index contributed by atoms with van der Waals surface area (Å²) in [6.45, 7) is 1.16. The van der Waals surface area contributed by atoms with E-state index in [9.17, 15) is 27.6 Å². The molecule has 8 nitrogen and oxygen atoms in total. The average molecular weight is 458 g/mol. The number of Topliss-reactive ketones (excluding diaryl/α,β-unsaturated/α-hetero) is 1. The van der Waals surface area contributed by atoms with E-state index >= 15 is 0 Å². The molecule has 0 aliphatic heterocycles. The van der Waals surface area contributed by atoms with Crippen molar-refractivity contribution in [3.05, 3.63) is 71.8 Å². The lowest BCUT2D eigenvalue weighted by Crippen LogP contribution is -2.20. The fraction of sp³-hybridized carbons (Fsp3) is 0.136. The van der Waals surface area contributed by atoms with Crippen LogP contribution in [0.15, 0.2) is 55.1 Å². The zero-order chi connectivity index (χ0) is 24.2. The molecule has 3 aromatic rings. The first-order valence-corrected chi connectivity index (χ1v) is 9.45. The monoisotopic (exact) mass is 458 g/mol. The van der Waals surface area contributed by atoms with Gasteiger partial charge in [0.15, 0.2) is 5.78 Å². The first-order chi connectivity index (χ1) is 15.5. The summed E-state index contributed by atoms with van der Waals surface area (Å²) in [6.07, 6.45) is -2.46. The maximum atomic E-state index is 13.3. The van der Waals surface area contributed by atoms with Gasteiger partial charge in [0.25, 0.3) is 0 Å². The van der Waals surface area contributed by atoms with Gasteiger partial charge < -0.3 is 10.4 Å². The summed E-state index contributed by atoms with van der Waals surface area (Å²) >= 11 is 0. The number of carboxylic acid groups (broad SMARTS) is 1. The highest BCUT2D eigenvalue weighted by atomic mass is 19.4. The quantitative estimate of drug-likeness (QED) is 0.361. The zero-order valence-corrected chi connectivity index (χ0v) is 17.1. The third kappa shape index (κ3) is 5.91. The average Bonchev–Trinajstić information content (AvgIpc) is 2.75. The fourth-order valence-electron chi connectivity index (χ4n) is 3.10. The number of aromatic nitrogens is 2. The number of ketones is 1. The molecular weight excluding hydrogens is 441 g/mol. The fourth-order valence-corrected chi connectivity index (χ4v) is 3.10. The Labute approximate surface area is 185 Å². The van der Waals surface area contributed by atoms with E-state index < -0.39 is 41.6 Å². The number of carbonyl (C=O) groups is 3. The Morgan fingerprint density at radius 3 is 2.27 bits per heavy atom. The molecule has 170 valence electrons. The van der Waals surface area contributed by atoms with Gasteiger partial charge in [-0.25, -0.2) is 14.8 Å². The van der Waals surface area contributed by atoms with E-state index in [1.165, 1.54) is 12.4 Å². The number of alkyl halides is 3. The first-order valence-electron chi connectivity index (χ1n) is 9.45. The highest BCUT2D eigenvalue weighted by molar-refractivity contribution is 6.12. The molecule has 0 spiro atoms. The Hall–Kier alpha value is -4.28. The van der Waals surface area contributed by atoms with Crippen LogP contribution in [0.3, 0.4) is 0 Å². The lowest BCUT2D eigenvalue weighted by molar-refractivity contribution is -0.138. The van der Waals surface area contributed by atoms with Crippen molar-refractivity contribution in [1.29, 1.82) is 0 Å². The van der Waals surface area contributed by atoms with Gasteiger partial charge in [-0.15, -0.1) is 0 Å². The number of amides is 2. The van der Waals surface area contributed by atoms with Gasteiger partial charge in [0.05, 0.1) is 23.4 Å². The number of nitrogens with zero attached hydrogens (tertiary/aromatic N) is 2. The van der Waals surface area contributed by atoms with Crippen molar-refractivity contribution in [2.75, 3.05) is 10.6 Å². The number of halogens is 3. The minimum Gasteiger partial charge on any atom is -0.465 e. The van der Waals surface area contributed by atoms with Crippen LogP contribution in [0.1, 0.15) is 27.9 Å². The van der Waals surface area contributed by atoms with E-state index in [1.54, 1.807) is 30.6 Å². The third-order valence-corrected chi connectivity index (χ3v) is 4.59. The standard InChI is InChI=1S/C22H17F3N4O4/c1-12-5-17(29-21(32)33)18(7-16(12)22(23,24)25)28-20(31)8-19(30)14-4-2-3-13(6-14)15-9-26-11-27-10-15/h2-7,9-11,29H,8H2,1H3,(H,28,31)(H,32,33).